The molecule has 1 aromatic rings. The molecule has 2 rings (SSSR count). The predicted molar refractivity (Wildman–Crippen MR) is 65.1 cm³/mol. The highest BCUT2D eigenvalue weighted by Gasteiger charge is 2.32. The Morgan fingerprint density at radius 1 is 1.71 bits per heavy atom. The molecule has 1 aliphatic rings. The van der Waals surface area contributed by atoms with Crippen LogP contribution in [0.5, 0.6) is 0 Å². The van der Waals surface area contributed by atoms with Crippen LogP contribution in [-0.4, -0.2) is 36.2 Å². The van der Waals surface area contributed by atoms with Crippen molar-refractivity contribution in [3.8, 4) is 0 Å². The number of ether oxygens (including phenoxy) is 1. The van der Waals surface area contributed by atoms with Crippen LogP contribution in [0.25, 0.3) is 0 Å². The number of nitrogens with one attached hydrogen (secondary N) is 2. The molecule has 6 heteroatoms. The Morgan fingerprint density at radius 2 is 2.47 bits per heavy atom. The third kappa shape index (κ3) is 3.39. The maximum Gasteiger partial charge on any atom is 0.251 e. The minimum atomic E-state index is -0.229. The van der Waals surface area contributed by atoms with E-state index in [9.17, 15) is 4.79 Å². The standard InChI is InChI=1S/C11H14ClN3O2/c1-11(6-13-7-11)17-5-10(16)15-9-4-8(12)2-3-14-9/h2-4,13H,5-7H2,1H3,(H,14,15,16). The van der Waals surface area contributed by atoms with Gasteiger partial charge in [0.2, 0.25) is 0 Å². The maximum absolute atomic E-state index is 11.6. The fraction of sp³-hybridized carbons (Fsp3) is 0.455. The van der Waals surface area contributed by atoms with E-state index < -0.39 is 0 Å². The van der Waals surface area contributed by atoms with Gasteiger partial charge in [0, 0.05) is 24.3 Å². The molecule has 0 bridgehead atoms. The lowest BCUT2D eigenvalue weighted by Gasteiger charge is -2.38. The molecule has 0 radical (unpaired) electrons. The molecule has 2 N–H and O–H groups in total. The number of aromatic nitrogens is 1. The molecule has 0 atom stereocenters. The first-order valence-corrected chi connectivity index (χ1v) is 5.71. The summed E-state index contributed by atoms with van der Waals surface area (Å²) in [6.45, 7) is 3.53. The van der Waals surface area contributed by atoms with Crippen molar-refractivity contribution in [3.63, 3.8) is 0 Å². The summed E-state index contributed by atoms with van der Waals surface area (Å²) in [5, 5.41) is 6.25. The van der Waals surface area contributed by atoms with E-state index in [1.165, 1.54) is 6.20 Å². The Bertz CT molecular complexity index is 421. The predicted octanol–water partition coefficient (Wildman–Crippen LogP) is 1.05. The van der Waals surface area contributed by atoms with Crippen LogP contribution >= 0.6 is 11.6 Å². The average molecular weight is 256 g/mol. The van der Waals surface area contributed by atoms with Crippen LogP contribution in [0.4, 0.5) is 5.82 Å². The minimum Gasteiger partial charge on any atom is -0.363 e. The second-order valence-electron chi connectivity index (χ2n) is 4.25. The van der Waals surface area contributed by atoms with Crippen molar-refractivity contribution in [3.05, 3.63) is 23.4 Å². The molecule has 0 aromatic carbocycles. The van der Waals surface area contributed by atoms with Gasteiger partial charge in [0.15, 0.2) is 0 Å². The lowest BCUT2D eigenvalue weighted by molar-refractivity contribution is -0.130. The Labute approximate surface area is 105 Å². The Balaban J connectivity index is 1.81. The second kappa shape index (κ2) is 5.00. The number of halogens is 1. The van der Waals surface area contributed by atoms with Crippen LogP contribution in [-0.2, 0) is 9.53 Å². The van der Waals surface area contributed by atoms with E-state index in [-0.39, 0.29) is 18.1 Å². The van der Waals surface area contributed by atoms with Gasteiger partial charge < -0.3 is 15.4 Å². The van der Waals surface area contributed by atoms with Crippen LogP contribution in [0.1, 0.15) is 6.92 Å². The number of hydrogen-bond acceptors (Lipinski definition) is 4. The molecule has 92 valence electrons. The zero-order valence-corrected chi connectivity index (χ0v) is 10.3. The summed E-state index contributed by atoms with van der Waals surface area (Å²) < 4.78 is 5.49. The summed E-state index contributed by atoms with van der Waals surface area (Å²) in [6.07, 6.45) is 1.54. The van der Waals surface area contributed by atoms with E-state index >= 15 is 0 Å². The van der Waals surface area contributed by atoms with Gasteiger partial charge in [-0.3, -0.25) is 4.79 Å². The summed E-state index contributed by atoms with van der Waals surface area (Å²) >= 11 is 5.78. The topological polar surface area (TPSA) is 63.2 Å². The first-order valence-electron chi connectivity index (χ1n) is 5.33. The maximum atomic E-state index is 11.6. The number of hydrogen-bond donors (Lipinski definition) is 2. The van der Waals surface area contributed by atoms with Gasteiger partial charge in [-0.25, -0.2) is 4.98 Å². The van der Waals surface area contributed by atoms with Crippen molar-refractivity contribution in [2.45, 2.75) is 12.5 Å². The minimum absolute atomic E-state index is 0.0202. The van der Waals surface area contributed by atoms with E-state index in [0.717, 1.165) is 13.1 Å². The average Bonchev–Trinajstić information content (AvgIpc) is 2.24. The van der Waals surface area contributed by atoms with E-state index in [0.29, 0.717) is 10.8 Å². The summed E-state index contributed by atoms with van der Waals surface area (Å²) in [6, 6.07) is 3.24. The summed E-state index contributed by atoms with van der Waals surface area (Å²) in [4.78, 5) is 15.5. The fourth-order valence-electron chi connectivity index (χ4n) is 1.47. The molecule has 1 fully saturated rings. The van der Waals surface area contributed by atoms with Crippen LogP contribution in [0.3, 0.4) is 0 Å². The smallest absolute Gasteiger partial charge is 0.251 e. The summed E-state index contributed by atoms with van der Waals surface area (Å²) in [5.74, 6) is 0.205. The highest BCUT2D eigenvalue weighted by molar-refractivity contribution is 6.30. The van der Waals surface area contributed by atoms with Gasteiger partial charge in [-0.15, -0.1) is 0 Å². The number of anilines is 1. The van der Waals surface area contributed by atoms with E-state index in [2.05, 4.69) is 15.6 Å². The zero-order valence-electron chi connectivity index (χ0n) is 9.50. The molecule has 0 saturated carbocycles. The number of nitrogens with zero attached hydrogens (tertiary/aromatic N) is 1. The van der Waals surface area contributed by atoms with Crippen LogP contribution in [0.15, 0.2) is 18.3 Å². The van der Waals surface area contributed by atoms with Crippen molar-refractivity contribution in [2.75, 3.05) is 25.0 Å². The Hall–Kier alpha value is -1.17. The quantitative estimate of drug-likeness (QED) is 0.844. The Morgan fingerprint density at radius 3 is 3.06 bits per heavy atom. The SMILES string of the molecule is CC1(OCC(=O)Nc2cc(Cl)ccn2)CNC1. The third-order valence-corrected chi connectivity index (χ3v) is 2.77. The second-order valence-corrected chi connectivity index (χ2v) is 4.69. The van der Waals surface area contributed by atoms with E-state index in [1.807, 2.05) is 6.92 Å². The zero-order chi connectivity index (χ0) is 12.3. The molecule has 5 nitrogen and oxygen atoms in total. The van der Waals surface area contributed by atoms with E-state index in [1.54, 1.807) is 12.1 Å². The highest BCUT2D eigenvalue weighted by Crippen LogP contribution is 2.15. The van der Waals surface area contributed by atoms with Crippen molar-refractivity contribution >= 4 is 23.3 Å². The molecule has 1 saturated heterocycles. The van der Waals surface area contributed by atoms with Gasteiger partial charge in [-0.1, -0.05) is 11.6 Å². The van der Waals surface area contributed by atoms with Crippen molar-refractivity contribution < 1.29 is 9.53 Å². The molecule has 0 unspecified atom stereocenters. The summed E-state index contributed by atoms with van der Waals surface area (Å²) in [5.41, 5.74) is -0.223. The molecular formula is C11H14ClN3O2. The number of amides is 1. The Kier molecular flexibility index (Phi) is 3.61. The number of rotatable bonds is 4. The van der Waals surface area contributed by atoms with E-state index in [4.69, 9.17) is 16.3 Å². The van der Waals surface area contributed by atoms with Gasteiger partial charge in [0.1, 0.15) is 12.4 Å². The number of carbonyl (C=O) groups is 1. The van der Waals surface area contributed by atoms with Crippen molar-refractivity contribution in [2.24, 2.45) is 0 Å². The molecule has 0 spiro atoms. The molecule has 17 heavy (non-hydrogen) atoms. The first-order chi connectivity index (χ1) is 8.07. The molecule has 0 aliphatic carbocycles. The third-order valence-electron chi connectivity index (χ3n) is 2.54. The molecule has 1 aromatic heterocycles. The molecule has 1 aliphatic heterocycles. The number of pyridine rings is 1. The van der Waals surface area contributed by atoms with Crippen LogP contribution in [0, 0.1) is 0 Å². The molecular weight excluding hydrogens is 242 g/mol. The van der Waals surface area contributed by atoms with Crippen LogP contribution < -0.4 is 10.6 Å². The van der Waals surface area contributed by atoms with Gasteiger partial charge >= 0.3 is 0 Å². The summed E-state index contributed by atoms with van der Waals surface area (Å²) in [7, 11) is 0. The van der Waals surface area contributed by atoms with Gasteiger partial charge in [0.05, 0.1) is 5.60 Å². The van der Waals surface area contributed by atoms with Gasteiger partial charge in [0.25, 0.3) is 5.91 Å². The van der Waals surface area contributed by atoms with Crippen molar-refractivity contribution in [1.29, 1.82) is 0 Å². The molecule has 1 amide bonds. The normalized spacial score (nSPS) is 17.3. The monoisotopic (exact) mass is 255 g/mol. The lowest BCUT2D eigenvalue weighted by atomic mass is 10.0. The van der Waals surface area contributed by atoms with Gasteiger partial charge in [-0.05, 0) is 19.1 Å². The largest absolute Gasteiger partial charge is 0.363 e. The highest BCUT2D eigenvalue weighted by atomic mass is 35.5. The first kappa shape index (κ1) is 12.3. The van der Waals surface area contributed by atoms with Crippen LogP contribution in [0.2, 0.25) is 5.02 Å². The van der Waals surface area contributed by atoms with Gasteiger partial charge in [-0.2, -0.15) is 0 Å². The van der Waals surface area contributed by atoms with Crippen molar-refractivity contribution in [1.82, 2.24) is 10.3 Å². The lowest BCUT2D eigenvalue weighted by Crippen LogP contribution is -2.59. The number of carbonyl (C=O) groups excluding carboxylic acids is 1. The fourth-order valence-corrected chi connectivity index (χ4v) is 1.63. The molecule has 2 heterocycles.